The molecule has 106 valence electrons. The standard InChI is InChI=1S/C14H9Br3ClFO/c15-6-8-3-11(16)14(12(17)4-8)20-7-9-5-10(18)1-2-13(9)19/h1-5H,6-7H2. The van der Waals surface area contributed by atoms with Crippen LogP contribution in [0.3, 0.4) is 0 Å². The van der Waals surface area contributed by atoms with Crippen LogP contribution in [0.4, 0.5) is 4.39 Å². The molecule has 0 aliphatic heterocycles. The Hall–Kier alpha value is -0.100. The van der Waals surface area contributed by atoms with Crippen molar-refractivity contribution in [2.75, 3.05) is 0 Å². The van der Waals surface area contributed by atoms with Crippen molar-refractivity contribution in [2.45, 2.75) is 11.9 Å². The molecule has 0 bridgehead atoms. The first-order chi connectivity index (χ1) is 9.51. The lowest BCUT2D eigenvalue weighted by Crippen LogP contribution is -2.00. The molecule has 0 unspecified atom stereocenters. The zero-order valence-corrected chi connectivity index (χ0v) is 15.6. The van der Waals surface area contributed by atoms with Gasteiger partial charge in [-0.25, -0.2) is 4.39 Å². The summed E-state index contributed by atoms with van der Waals surface area (Å²) in [5.41, 5.74) is 1.52. The summed E-state index contributed by atoms with van der Waals surface area (Å²) in [4.78, 5) is 0. The van der Waals surface area contributed by atoms with E-state index in [9.17, 15) is 4.39 Å². The van der Waals surface area contributed by atoms with E-state index >= 15 is 0 Å². The summed E-state index contributed by atoms with van der Waals surface area (Å²) in [5, 5.41) is 1.23. The molecule has 0 N–H and O–H groups in total. The van der Waals surface area contributed by atoms with E-state index in [0.717, 1.165) is 19.8 Å². The molecule has 0 fully saturated rings. The summed E-state index contributed by atoms with van der Waals surface area (Å²) < 4.78 is 20.9. The highest BCUT2D eigenvalue weighted by Crippen LogP contribution is 2.36. The summed E-state index contributed by atoms with van der Waals surface area (Å²) in [6.45, 7) is 0.108. The van der Waals surface area contributed by atoms with Crippen LogP contribution in [0, 0.1) is 5.82 Å². The lowest BCUT2D eigenvalue weighted by atomic mass is 10.2. The van der Waals surface area contributed by atoms with Gasteiger partial charge in [0.2, 0.25) is 0 Å². The monoisotopic (exact) mass is 484 g/mol. The highest BCUT2D eigenvalue weighted by Gasteiger charge is 2.11. The summed E-state index contributed by atoms with van der Waals surface area (Å²) in [6, 6.07) is 8.30. The number of benzene rings is 2. The second-order valence-electron chi connectivity index (χ2n) is 4.05. The van der Waals surface area contributed by atoms with Crippen molar-refractivity contribution in [1.29, 1.82) is 0 Å². The van der Waals surface area contributed by atoms with Gasteiger partial charge < -0.3 is 4.74 Å². The van der Waals surface area contributed by atoms with Crippen LogP contribution < -0.4 is 4.74 Å². The number of rotatable bonds is 4. The highest BCUT2D eigenvalue weighted by atomic mass is 79.9. The molecule has 0 amide bonds. The van der Waals surface area contributed by atoms with Gasteiger partial charge in [-0.1, -0.05) is 27.5 Å². The fourth-order valence-corrected chi connectivity index (χ4v) is 3.66. The van der Waals surface area contributed by atoms with Gasteiger partial charge in [0.05, 0.1) is 8.95 Å². The quantitative estimate of drug-likeness (QED) is 0.449. The van der Waals surface area contributed by atoms with Crippen LogP contribution in [0.1, 0.15) is 11.1 Å². The fraction of sp³-hybridized carbons (Fsp3) is 0.143. The van der Waals surface area contributed by atoms with Crippen LogP contribution in [0.25, 0.3) is 0 Å². The van der Waals surface area contributed by atoms with Crippen LogP contribution in [0.5, 0.6) is 5.75 Å². The lowest BCUT2D eigenvalue weighted by Gasteiger charge is -2.12. The second-order valence-corrected chi connectivity index (χ2v) is 6.75. The van der Waals surface area contributed by atoms with Crippen molar-refractivity contribution in [3.63, 3.8) is 0 Å². The first kappa shape index (κ1) is 16.3. The van der Waals surface area contributed by atoms with Crippen molar-refractivity contribution in [2.24, 2.45) is 0 Å². The van der Waals surface area contributed by atoms with E-state index in [0.29, 0.717) is 16.3 Å². The predicted molar refractivity (Wildman–Crippen MR) is 90.2 cm³/mol. The molecule has 2 rings (SSSR count). The van der Waals surface area contributed by atoms with Crippen LogP contribution >= 0.6 is 59.4 Å². The maximum Gasteiger partial charge on any atom is 0.148 e. The highest BCUT2D eigenvalue weighted by molar-refractivity contribution is 9.11. The largest absolute Gasteiger partial charge is 0.486 e. The molecule has 0 aromatic heterocycles. The van der Waals surface area contributed by atoms with E-state index in [1.54, 1.807) is 6.07 Å². The zero-order chi connectivity index (χ0) is 14.7. The number of ether oxygens (including phenoxy) is 1. The molecule has 0 atom stereocenters. The van der Waals surface area contributed by atoms with Crippen LogP contribution in [-0.4, -0.2) is 0 Å². The minimum atomic E-state index is -0.335. The smallest absolute Gasteiger partial charge is 0.148 e. The van der Waals surface area contributed by atoms with E-state index in [1.807, 2.05) is 12.1 Å². The van der Waals surface area contributed by atoms with Gasteiger partial charge in [0.25, 0.3) is 0 Å². The molecule has 1 nitrogen and oxygen atoms in total. The Morgan fingerprint density at radius 2 is 1.75 bits per heavy atom. The third-order valence-corrected chi connectivity index (χ3v) is 4.65. The van der Waals surface area contributed by atoms with E-state index in [2.05, 4.69) is 47.8 Å². The normalized spacial score (nSPS) is 10.7. The van der Waals surface area contributed by atoms with Gasteiger partial charge in [-0.2, -0.15) is 0 Å². The van der Waals surface area contributed by atoms with Gasteiger partial charge in [0.15, 0.2) is 0 Å². The van der Waals surface area contributed by atoms with E-state index < -0.39 is 0 Å². The Kier molecular flexibility index (Phi) is 5.90. The maximum absolute atomic E-state index is 13.6. The van der Waals surface area contributed by atoms with Crippen molar-refractivity contribution >= 4 is 59.4 Å². The molecule has 2 aromatic carbocycles. The molecule has 0 saturated heterocycles. The Bertz CT molecular complexity index is 611. The zero-order valence-electron chi connectivity index (χ0n) is 10.1. The number of halogens is 5. The second kappa shape index (κ2) is 7.25. The van der Waals surface area contributed by atoms with Gasteiger partial charge in [-0.15, -0.1) is 0 Å². The number of hydrogen-bond acceptors (Lipinski definition) is 1. The molecule has 0 radical (unpaired) electrons. The topological polar surface area (TPSA) is 9.23 Å². The Labute approximate surface area is 146 Å². The van der Waals surface area contributed by atoms with E-state index in [-0.39, 0.29) is 12.4 Å². The van der Waals surface area contributed by atoms with Crippen molar-refractivity contribution < 1.29 is 9.13 Å². The van der Waals surface area contributed by atoms with Crippen molar-refractivity contribution in [1.82, 2.24) is 0 Å². The lowest BCUT2D eigenvalue weighted by molar-refractivity contribution is 0.296. The molecule has 0 heterocycles. The molecule has 0 spiro atoms. The number of hydrogen-bond donors (Lipinski definition) is 0. The molecule has 0 aliphatic carbocycles. The number of alkyl halides is 1. The third kappa shape index (κ3) is 3.97. The van der Waals surface area contributed by atoms with Crippen LogP contribution in [-0.2, 0) is 11.9 Å². The third-order valence-electron chi connectivity index (χ3n) is 2.59. The average Bonchev–Trinajstić information content (AvgIpc) is 2.41. The summed E-state index contributed by atoms with van der Waals surface area (Å²) in [7, 11) is 0. The first-order valence-electron chi connectivity index (χ1n) is 5.62. The molecule has 6 heteroatoms. The fourth-order valence-electron chi connectivity index (χ4n) is 1.63. The molecule has 2 aromatic rings. The summed E-state index contributed by atoms with van der Waals surface area (Å²) in [5.74, 6) is 0.299. The minimum Gasteiger partial charge on any atom is -0.486 e. The van der Waals surface area contributed by atoms with Gasteiger partial charge in [0, 0.05) is 15.9 Å². The maximum atomic E-state index is 13.6. The van der Waals surface area contributed by atoms with E-state index in [4.69, 9.17) is 16.3 Å². The van der Waals surface area contributed by atoms with Crippen LogP contribution in [0.2, 0.25) is 5.02 Å². The predicted octanol–water partition coefficient (Wildman–Crippen LogP) is 6.48. The Balaban J connectivity index is 2.21. The SMILES string of the molecule is Fc1ccc(Cl)cc1COc1c(Br)cc(CBr)cc1Br. The Morgan fingerprint density at radius 3 is 2.35 bits per heavy atom. The Morgan fingerprint density at radius 1 is 1.10 bits per heavy atom. The minimum absolute atomic E-state index is 0.108. The van der Waals surface area contributed by atoms with Gasteiger partial charge in [0.1, 0.15) is 18.2 Å². The molecule has 20 heavy (non-hydrogen) atoms. The van der Waals surface area contributed by atoms with Crippen molar-refractivity contribution in [3.8, 4) is 5.75 Å². The summed E-state index contributed by atoms with van der Waals surface area (Å²) >= 11 is 16.2. The molecule has 0 saturated carbocycles. The van der Waals surface area contributed by atoms with Crippen LogP contribution in [0.15, 0.2) is 39.3 Å². The van der Waals surface area contributed by atoms with Crippen molar-refractivity contribution in [3.05, 3.63) is 61.2 Å². The molecular weight excluding hydrogens is 478 g/mol. The first-order valence-corrected chi connectivity index (χ1v) is 8.70. The molecular formula is C14H9Br3ClFO. The molecule has 0 aliphatic rings. The van der Waals surface area contributed by atoms with Gasteiger partial charge >= 0.3 is 0 Å². The summed E-state index contributed by atoms with van der Waals surface area (Å²) in [6.07, 6.45) is 0. The average molecular weight is 487 g/mol. The van der Waals surface area contributed by atoms with Gasteiger partial charge in [-0.3, -0.25) is 0 Å². The van der Waals surface area contributed by atoms with E-state index in [1.165, 1.54) is 12.1 Å². The van der Waals surface area contributed by atoms with Gasteiger partial charge in [-0.05, 0) is 67.8 Å².